The number of ketones is 1. The molecule has 39 heavy (non-hydrogen) atoms. The molecule has 0 aromatic carbocycles. The third kappa shape index (κ3) is 4.20. The molecule has 4 saturated carbocycles. The fourth-order valence-corrected chi connectivity index (χ4v) is 8.98. The van der Waals surface area contributed by atoms with E-state index in [0.29, 0.717) is 35.4 Å². The van der Waals surface area contributed by atoms with Crippen molar-refractivity contribution >= 4 is 28.9 Å². The number of aromatic nitrogens is 4. The number of nitrogens with zero attached hydrogens (tertiary/aromatic N) is 3. The number of carboxylic acids is 1. The second-order valence-electron chi connectivity index (χ2n) is 13.0. The number of aromatic amines is 1. The van der Waals surface area contributed by atoms with E-state index in [1.54, 1.807) is 0 Å². The number of fused-ring (bicyclic) bond motifs is 6. The molecule has 4 aliphatic rings. The van der Waals surface area contributed by atoms with Gasteiger partial charge in [-0.05, 0) is 80.5 Å². The van der Waals surface area contributed by atoms with Crippen LogP contribution in [0.4, 0.5) is 5.95 Å². The fourth-order valence-electron chi connectivity index (χ4n) is 8.98. The van der Waals surface area contributed by atoms with Gasteiger partial charge in [-0.15, -0.1) is 0 Å². The first-order chi connectivity index (χ1) is 18.5. The number of anilines is 1. The molecule has 4 fully saturated rings. The summed E-state index contributed by atoms with van der Waals surface area (Å²) in [4.78, 5) is 47.8. The Balaban J connectivity index is 1.17. The minimum absolute atomic E-state index is 0.0850. The quantitative estimate of drug-likeness (QED) is 0.368. The second kappa shape index (κ2) is 9.40. The van der Waals surface area contributed by atoms with Gasteiger partial charge in [0.2, 0.25) is 5.95 Å². The number of rotatable bonds is 6. The lowest BCUT2D eigenvalue weighted by Crippen LogP contribution is -2.54. The van der Waals surface area contributed by atoms with Gasteiger partial charge in [-0.3, -0.25) is 14.6 Å². The van der Waals surface area contributed by atoms with Crippen molar-refractivity contribution in [2.24, 2.45) is 34.5 Å². The molecule has 4 aliphatic carbocycles. The average Bonchev–Trinajstić information content (AvgIpc) is 3.44. The maximum absolute atomic E-state index is 12.7. The molecule has 9 unspecified atom stereocenters. The van der Waals surface area contributed by atoms with E-state index in [0.717, 1.165) is 51.4 Å². The van der Waals surface area contributed by atoms with Gasteiger partial charge >= 0.3 is 5.97 Å². The molecule has 9 atom stereocenters. The Morgan fingerprint density at radius 1 is 1.15 bits per heavy atom. The van der Waals surface area contributed by atoms with Gasteiger partial charge in [-0.25, -0.2) is 9.78 Å². The van der Waals surface area contributed by atoms with E-state index in [9.17, 15) is 24.6 Å². The van der Waals surface area contributed by atoms with Crippen molar-refractivity contribution < 1.29 is 24.9 Å². The highest BCUT2D eigenvalue weighted by molar-refractivity contribution is 5.87. The smallest absolute Gasteiger partial charge is 0.335 e. The van der Waals surface area contributed by atoms with E-state index in [4.69, 9.17) is 5.11 Å². The molecule has 11 heteroatoms. The molecule has 0 aliphatic heterocycles. The number of carbonyl (C=O) groups excluding carboxylic acids is 1. The summed E-state index contributed by atoms with van der Waals surface area (Å²) in [6.45, 7) is 4.44. The third-order valence-corrected chi connectivity index (χ3v) is 11.2. The fraction of sp³-hybridized carbons (Fsp3) is 0.750. The zero-order valence-electron chi connectivity index (χ0n) is 22.6. The first-order valence-electron chi connectivity index (χ1n) is 14.3. The molecular formula is C28H39N5O6. The van der Waals surface area contributed by atoms with Crippen LogP contribution < -0.4 is 10.9 Å². The van der Waals surface area contributed by atoms with Gasteiger partial charge in [0.15, 0.2) is 17.3 Å². The van der Waals surface area contributed by atoms with E-state index >= 15 is 0 Å². The summed E-state index contributed by atoms with van der Waals surface area (Å²) < 4.78 is 1.39. The summed E-state index contributed by atoms with van der Waals surface area (Å²) >= 11 is 0. The molecule has 11 nitrogen and oxygen atoms in total. The summed E-state index contributed by atoms with van der Waals surface area (Å²) in [5, 5.41) is 32.1. The zero-order valence-corrected chi connectivity index (χ0v) is 22.6. The van der Waals surface area contributed by atoms with Crippen molar-refractivity contribution in [2.75, 3.05) is 5.32 Å². The van der Waals surface area contributed by atoms with Gasteiger partial charge < -0.3 is 25.2 Å². The Hall–Kier alpha value is -2.79. The van der Waals surface area contributed by atoms with Gasteiger partial charge in [-0.2, -0.15) is 4.98 Å². The molecule has 2 heterocycles. The third-order valence-electron chi connectivity index (χ3n) is 11.2. The topological polar surface area (TPSA) is 170 Å². The molecule has 0 saturated heterocycles. The van der Waals surface area contributed by atoms with Crippen molar-refractivity contribution in [1.82, 2.24) is 19.5 Å². The molecule has 0 radical (unpaired) electrons. The summed E-state index contributed by atoms with van der Waals surface area (Å²) in [6.07, 6.45) is 7.16. The van der Waals surface area contributed by atoms with Crippen molar-refractivity contribution in [2.45, 2.75) is 96.4 Å². The average molecular weight is 542 g/mol. The normalized spacial score (nSPS) is 37.5. The van der Waals surface area contributed by atoms with Crippen LogP contribution in [0, 0.1) is 34.5 Å². The van der Waals surface area contributed by atoms with Gasteiger partial charge in [0.25, 0.3) is 5.56 Å². The maximum atomic E-state index is 12.7. The first-order valence-corrected chi connectivity index (χ1v) is 14.3. The van der Waals surface area contributed by atoms with Crippen LogP contribution in [0.15, 0.2) is 11.1 Å². The van der Waals surface area contributed by atoms with Crippen LogP contribution in [0.2, 0.25) is 0 Å². The summed E-state index contributed by atoms with van der Waals surface area (Å²) in [5.74, 6) is 1.70. The van der Waals surface area contributed by atoms with Crippen molar-refractivity contribution in [3.8, 4) is 0 Å². The molecule has 2 aromatic heterocycles. The van der Waals surface area contributed by atoms with Gasteiger partial charge in [0.1, 0.15) is 11.9 Å². The van der Waals surface area contributed by atoms with E-state index in [2.05, 4.69) is 34.1 Å². The number of Topliss-reactive ketones (excluding diaryl/α,β-unsaturated/α-hetero) is 1. The molecule has 6 rings (SSSR count). The van der Waals surface area contributed by atoms with Crippen LogP contribution in [0.25, 0.3) is 11.2 Å². The number of nitrogens with one attached hydrogen (secondary N) is 2. The van der Waals surface area contributed by atoms with Crippen molar-refractivity contribution in [3.63, 3.8) is 0 Å². The number of carbonyl (C=O) groups is 2. The lowest BCUT2D eigenvalue weighted by atomic mass is 9.45. The number of aliphatic carboxylic acids is 1. The predicted molar refractivity (Wildman–Crippen MR) is 142 cm³/mol. The molecule has 0 bridgehead atoms. The molecule has 0 spiro atoms. The molecular weight excluding hydrogens is 502 g/mol. The first kappa shape index (κ1) is 26.4. The van der Waals surface area contributed by atoms with E-state index in [-0.39, 0.29) is 34.6 Å². The number of hydrogen-bond acceptors (Lipinski definition) is 8. The minimum atomic E-state index is -1.96. The Labute approximate surface area is 226 Å². The van der Waals surface area contributed by atoms with Crippen molar-refractivity contribution in [1.29, 1.82) is 0 Å². The van der Waals surface area contributed by atoms with Gasteiger partial charge in [0.05, 0.1) is 12.9 Å². The van der Waals surface area contributed by atoms with E-state index in [1.807, 2.05) is 0 Å². The molecule has 5 N–H and O–H groups in total. The predicted octanol–water partition coefficient (Wildman–Crippen LogP) is 2.32. The van der Waals surface area contributed by atoms with Crippen LogP contribution in [0.5, 0.6) is 0 Å². The van der Waals surface area contributed by atoms with Crippen molar-refractivity contribution in [3.05, 3.63) is 16.7 Å². The number of aliphatic hydroxyl groups is 2. The lowest BCUT2D eigenvalue weighted by Gasteiger charge is -2.60. The Kier molecular flexibility index (Phi) is 6.37. The SMILES string of the molecule is CC12CCC3C(CCC4CC(Nc5nc6c(ncn6CC(O)C(O)C(=O)O)c(=O)[nH]5)CCC43C)C1CCC2=O. The van der Waals surface area contributed by atoms with Crippen LogP contribution in [-0.4, -0.2) is 64.8 Å². The van der Waals surface area contributed by atoms with Crippen LogP contribution in [0.3, 0.4) is 0 Å². The molecule has 0 amide bonds. The molecule has 2 aromatic rings. The summed E-state index contributed by atoms with van der Waals surface area (Å²) in [5.41, 5.74) is 0.0378. The highest BCUT2D eigenvalue weighted by Crippen LogP contribution is 2.65. The number of carboxylic acid groups (broad SMARTS) is 1. The second-order valence-corrected chi connectivity index (χ2v) is 13.0. The van der Waals surface area contributed by atoms with Crippen LogP contribution in [0.1, 0.15) is 71.6 Å². The van der Waals surface area contributed by atoms with E-state index < -0.39 is 23.7 Å². The highest BCUT2D eigenvalue weighted by Gasteiger charge is 2.60. The number of H-pyrrole nitrogens is 1. The van der Waals surface area contributed by atoms with Crippen LogP contribution >= 0.6 is 0 Å². The monoisotopic (exact) mass is 541 g/mol. The standard InChI is InChI=1S/C28H39N5O6/c1-27-9-7-15(11-14(27)3-4-16-17-5-6-20(35)28(17,2)10-8-18(16)27)30-26-31-23-21(24(37)32-26)29-13-33(23)12-19(34)22(36)25(38)39/h13-19,22,34,36H,3-12H2,1-2H3,(H,38,39)(H2,30,31,32,37). The van der Waals surface area contributed by atoms with Gasteiger partial charge in [-0.1, -0.05) is 13.8 Å². The summed E-state index contributed by atoms with van der Waals surface area (Å²) in [6, 6.07) is 0.151. The number of aliphatic hydroxyl groups excluding tert-OH is 2. The van der Waals surface area contributed by atoms with Crippen LogP contribution in [-0.2, 0) is 16.1 Å². The Morgan fingerprint density at radius 2 is 1.95 bits per heavy atom. The largest absolute Gasteiger partial charge is 0.479 e. The van der Waals surface area contributed by atoms with Gasteiger partial charge in [0, 0.05) is 17.9 Å². The highest BCUT2D eigenvalue weighted by atomic mass is 16.4. The molecule has 212 valence electrons. The minimum Gasteiger partial charge on any atom is -0.479 e. The number of imidazole rings is 1. The Bertz CT molecular complexity index is 1360. The van der Waals surface area contributed by atoms with E-state index in [1.165, 1.54) is 17.3 Å². The zero-order chi connectivity index (χ0) is 27.7. The lowest BCUT2D eigenvalue weighted by molar-refractivity contribution is -0.153. The Morgan fingerprint density at radius 3 is 2.72 bits per heavy atom. The maximum Gasteiger partial charge on any atom is 0.335 e. The number of hydrogen-bond donors (Lipinski definition) is 5. The summed E-state index contributed by atoms with van der Waals surface area (Å²) in [7, 11) is 0.